The SMILES string of the molecule is CCc1nnc(N(C)C2CCOCC2)c(C(=N)N)c1CC. The Bertz CT molecular complexity index is 511. The molecule has 2 rings (SSSR count). The van der Waals surface area contributed by atoms with Crippen molar-refractivity contribution in [3.63, 3.8) is 0 Å². The number of nitrogens with two attached hydrogens (primary N) is 1. The van der Waals surface area contributed by atoms with E-state index in [1.54, 1.807) is 0 Å². The summed E-state index contributed by atoms with van der Waals surface area (Å²) < 4.78 is 5.42. The number of nitrogens with zero attached hydrogens (tertiary/aromatic N) is 3. The maximum atomic E-state index is 7.96. The van der Waals surface area contributed by atoms with Crippen LogP contribution in [0.2, 0.25) is 0 Å². The van der Waals surface area contributed by atoms with Gasteiger partial charge in [0.2, 0.25) is 0 Å². The molecule has 0 radical (unpaired) electrons. The number of nitrogen functional groups attached to an aromatic ring is 1. The van der Waals surface area contributed by atoms with Crippen LogP contribution >= 0.6 is 0 Å². The molecule has 2 heterocycles. The fourth-order valence-corrected chi connectivity index (χ4v) is 2.94. The highest BCUT2D eigenvalue weighted by Crippen LogP contribution is 2.26. The molecule has 0 aromatic carbocycles. The maximum Gasteiger partial charge on any atom is 0.162 e. The van der Waals surface area contributed by atoms with Crippen molar-refractivity contribution < 1.29 is 4.74 Å². The number of ether oxygens (including phenoxy) is 1. The van der Waals surface area contributed by atoms with Crippen molar-refractivity contribution in [1.82, 2.24) is 10.2 Å². The van der Waals surface area contributed by atoms with E-state index in [0.29, 0.717) is 6.04 Å². The summed E-state index contributed by atoms with van der Waals surface area (Å²) >= 11 is 0. The highest BCUT2D eigenvalue weighted by Gasteiger charge is 2.25. The number of hydrogen-bond donors (Lipinski definition) is 2. The molecule has 0 spiro atoms. The van der Waals surface area contributed by atoms with Crippen LogP contribution in [-0.4, -0.2) is 42.3 Å². The van der Waals surface area contributed by atoms with E-state index < -0.39 is 0 Å². The van der Waals surface area contributed by atoms with E-state index >= 15 is 0 Å². The largest absolute Gasteiger partial charge is 0.384 e. The third-order valence-electron chi connectivity index (χ3n) is 4.17. The molecule has 21 heavy (non-hydrogen) atoms. The fraction of sp³-hybridized carbons (Fsp3) is 0.667. The highest BCUT2D eigenvalue weighted by molar-refractivity contribution is 6.01. The summed E-state index contributed by atoms with van der Waals surface area (Å²) in [5.41, 5.74) is 8.58. The maximum absolute atomic E-state index is 7.96. The molecule has 0 bridgehead atoms. The van der Waals surface area contributed by atoms with Gasteiger partial charge in [-0.3, -0.25) is 5.41 Å². The van der Waals surface area contributed by atoms with Crippen molar-refractivity contribution in [2.45, 2.75) is 45.6 Å². The van der Waals surface area contributed by atoms with Crippen LogP contribution in [0.1, 0.15) is 43.5 Å². The number of hydrogen-bond acceptors (Lipinski definition) is 5. The summed E-state index contributed by atoms with van der Waals surface area (Å²) in [5.74, 6) is 0.800. The van der Waals surface area contributed by atoms with Gasteiger partial charge in [0.25, 0.3) is 0 Å². The predicted octanol–water partition coefficient (Wildman–Crippen LogP) is 1.50. The number of aromatic nitrogens is 2. The lowest BCUT2D eigenvalue weighted by Crippen LogP contribution is -2.39. The van der Waals surface area contributed by atoms with Crippen molar-refractivity contribution in [3.8, 4) is 0 Å². The summed E-state index contributed by atoms with van der Waals surface area (Å²) in [4.78, 5) is 2.12. The zero-order valence-electron chi connectivity index (χ0n) is 13.1. The Hall–Kier alpha value is -1.69. The van der Waals surface area contributed by atoms with Gasteiger partial charge in [-0.15, -0.1) is 5.10 Å². The van der Waals surface area contributed by atoms with E-state index in [2.05, 4.69) is 28.9 Å². The van der Waals surface area contributed by atoms with Crippen molar-refractivity contribution >= 4 is 11.7 Å². The molecule has 1 aliphatic heterocycles. The van der Waals surface area contributed by atoms with E-state index in [0.717, 1.165) is 61.5 Å². The Morgan fingerprint density at radius 3 is 2.48 bits per heavy atom. The molecule has 1 aromatic rings. The van der Waals surface area contributed by atoms with E-state index in [4.69, 9.17) is 15.9 Å². The summed E-state index contributed by atoms with van der Waals surface area (Å²) in [6, 6.07) is 0.364. The van der Waals surface area contributed by atoms with Gasteiger partial charge in [-0.2, -0.15) is 5.10 Å². The van der Waals surface area contributed by atoms with Crippen LogP contribution in [0.4, 0.5) is 5.82 Å². The summed E-state index contributed by atoms with van der Waals surface area (Å²) in [6.07, 6.45) is 3.54. The van der Waals surface area contributed by atoms with E-state index in [1.165, 1.54) is 0 Å². The first-order chi connectivity index (χ1) is 10.1. The second-order valence-electron chi connectivity index (χ2n) is 5.40. The minimum absolute atomic E-state index is 0.0744. The van der Waals surface area contributed by atoms with E-state index in [1.807, 2.05) is 7.05 Å². The molecular formula is C15H25N5O. The van der Waals surface area contributed by atoms with Crippen molar-refractivity contribution in [2.24, 2.45) is 5.73 Å². The normalized spacial score (nSPS) is 16.0. The van der Waals surface area contributed by atoms with Gasteiger partial charge in [0.1, 0.15) is 5.84 Å². The average Bonchev–Trinajstić information content (AvgIpc) is 2.53. The molecule has 0 aliphatic carbocycles. The van der Waals surface area contributed by atoms with Crippen LogP contribution in [0.25, 0.3) is 0 Å². The van der Waals surface area contributed by atoms with Crippen LogP contribution in [0.15, 0.2) is 0 Å². The topological polar surface area (TPSA) is 88.1 Å². The Labute approximate surface area is 126 Å². The molecule has 1 fully saturated rings. The average molecular weight is 291 g/mol. The molecule has 0 atom stereocenters. The third-order valence-corrected chi connectivity index (χ3v) is 4.17. The Morgan fingerprint density at radius 1 is 1.29 bits per heavy atom. The quantitative estimate of drug-likeness (QED) is 0.634. The van der Waals surface area contributed by atoms with Gasteiger partial charge in [-0.25, -0.2) is 0 Å². The van der Waals surface area contributed by atoms with Crippen LogP contribution < -0.4 is 10.6 Å². The zero-order valence-corrected chi connectivity index (χ0v) is 13.1. The minimum atomic E-state index is 0.0744. The second-order valence-corrected chi connectivity index (χ2v) is 5.40. The fourth-order valence-electron chi connectivity index (χ4n) is 2.94. The molecule has 0 saturated carbocycles. The first-order valence-electron chi connectivity index (χ1n) is 7.63. The Morgan fingerprint density at radius 2 is 1.95 bits per heavy atom. The first kappa shape index (κ1) is 15.7. The lowest BCUT2D eigenvalue weighted by molar-refractivity contribution is 0.0853. The lowest BCUT2D eigenvalue weighted by Gasteiger charge is -2.33. The van der Waals surface area contributed by atoms with Gasteiger partial charge in [0.05, 0.1) is 11.3 Å². The summed E-state index contributed by atoms with van der Waals surface area (Å²) in [5, 5.41) is 16.7. The Kier molecular flexibility index (Phi) is 5.12. The smallest absolute Gasteiger partial charge is 0.162 e. The standard InChI is InChI=1S/C15H25N5O/c1-4-11-12(5-2)18-19-15(13(11)14(16)17)20(3)10-6-8-21-9-7-10/h10H,4-9H2,1-3H3,(H3,16,17). The molecular weight excluding hydrogens is 266 g/mol. The molecule has 1 aromatic heterocycles. The number of anilines is 1. The molecule has 1 saturated heterocycles. The molecule has 116 valence electrons. The lowest BCUT2D eigenvalue weighted by atomic mass is 10.0. The van der Waals surface area contributed by atoms with E-state index in [-0.39, 0.29) is 5.84 Å². The summed E-state index contributed by atoms with van der Waals surface area (Å²) in [7, 11) is 2.01. The highest BCUT2D eigenvalue weighted by atomic mass is 16.5. The number of aryl methyl sites for hydroxylation is 1. The number of nitrogens with one attached hydrogen (secondary N) is 1. The molecule has 3 N–H and O–H groups in total. The monoisotopic (exact) mass is 291 g/mol. The number of amidine groups is 1. The zero-order chi connectivity index (χ0) is 15.4. The van der Waals surface area contributed by atoms with Gasteiger partial charge in [-0.05, 0) is 31.2 Å². The predicted molar refractivity (Wildman–Crippen MR) is 84.0 cm³/mol. The van der Waals surface area contributed by atoms with Crippen molar-refractivity contribution in [1.29, 1.82) is 5.41 Å². The van der Waals surface area contributed by atoms with Gasteiger partial charge in [0.15, 0.2) is 5.82 Å². The van der Waals surface area contributed by atoms with Gasteiger partial charge < -0.3 is 15.4 Å². The molecule has 1 aliphatic rings. The molecule has 6 nitrogen and oxygen atoms in total. The van der Waals surface area contributed by atoms with Crippen molar-refractivity contribution in [3.05, 3.63) is 16.8 Å². The molecule has 0 unspecified atom stereocenters. The number of rotatable bonds is 5. The van der Waals surface area contributed by atoms with Gasteiger partial charge >= 0.3 is 0 Å². The second kappa shape index (κ2) is 6.85. The minimum Gasteiger partial charge on any atom is -0.384 e. The van der Waals surface area contributed by atoms with Crippen LogP contribution in [0.5, 0.6) is 0 Å². The van der Waals surface area contributed by atoms with Crippen LogP contribution in [-0.2, 0) is 17.6 Å². The van der Waals surface area contributed by atoms with Gasteiger partial charge in [0, 0.05) is 26.3 Å². The van der Waals surface area contributed by atoms with Crippen molar-refractivity contribution in [2.75, 3.05) is 25.2 Å². The van der Waals surface area contributed by atoms with Crippen LogP contribution in [0.3, 0.4) is 0 Å². The van der Waals surface area contributed by atoms with E-state index in [9.17, 15) is 0 Å². The third kappa shape index (κ3) is 3.15. The summed E-state index contributed by atoms with van der Waals surface area (Å²) in [6.45, 7) is 5.66. The Balaban J connectivity index is 2.44. The van der Waals surface area contributed by atoms with Gasteiger partial charge in [-0.1, -0.05) is 13.8 Å². The van der Waals surface area contributed by atoms with Crippen LogP contribution in [0, 0.1) is 5.41 Å². The molecule has 0 amide bonds. The first-order valence-corrected chi connectivity index (χ1v) is 7.63. The molecule has 6 heteroatoms.